The number of aromatic nitrogens is 2. The molecule has 1 saturated heterocycles. The van der Waals surface area contributed by atoms with Crippen LogP contribution in [0.15, 0.2) is 29.4 Å². The number of rotatable bonds is 9. The first-order chi connectivity index (χ1) is 13.8. The monoisotopic (exact) mass is 515 g/mol. The molecule has 0 bridgehead atoms. The lowest BCUT2D eigenvalue weighted by Crippen LogP contribution is -2.38. The summed E-state index contributed by atoms with van der Waals surface area (Å²) in [6, 6.07) is 6.13. The van der Waals surface area contributed by atoms with Crippen LogP contribution in [0.4, 0.5) is 0 Å². The maximum Gasteiger partial charge on any atom is 0.191 e. The number of hydrogen-bond donors (Lipinski definition) is 2. The predicted octanol–water partition coefficient (Wildman–Crippen LogP) is 3.15. The van der Waals surface area contributed by atoms with Crippen LogP contribution in [-0.2, 0) is 16.0 Å². The highest BCUT2D eigenvalue weighted by molar-refractivity contribution is 14.0. The summed E-state index contributed by atoms with van der Waals surface area (Å²) in [4.78, 5) is 9.31. The van der Waals surface area contributed by atoms with Gasteiger partial charge in [0.05, 0.1) is 12.2 Å². The fourth-order valence-corrected chi connectivity index (χ4v) is 3.32. The van der Waals surface area contributed by atoms with Gasteiger partial charge in [0.25, 0.3) is 0 Å². The first-order valence-corrected chi connectivity index (χ1v) is 10.4. The Morgan fingerprint density at radius 2 is 2.14 bits per heavy atom. The molecule has 0 spiro atoms. The van der Waals surface area contributed by atoms with E-state index in [0.29, 0.717) is 12.5 Å². The Bertz CT molecular complexity index is 759. The zero-order valence-electron chi connectivity index (χ0n) is 17.5. The van der Waals surface area contributed by atoms with Crippen molar-refractivity contribution >= 4 is 35.6 Å². The molecule has 0 atom stereocenters. The second kappa shape index (κ2) is 13.0. The number of nitrogens with zero attached hydrogens (tertiary/aromatic N) is 3. The molecule has 3 rings (SSSR count). The molecule has 3 heterocycles. The van der Waals surface area contributed by atoms with Crippen molar-refractivity contribution in [1.29, 1.82) is 0 Å². The Morgan fingerprint density at radius 3 is 2.90 bits per heavy atom. The molecule has 0 unspecified atom stereocenters. The van der Waals surface area contributed by atoms with E-state index >= 15 is 0 Å². The molecule has 0 radical (unpaired) electrons. The first kappa shape index (κ1) is 23.9. The van der Waals surface area contributed by atoms with E-state index in [0.717, 1.165) is 76.1 Å². The number of ether oxygens (including phenoxy) is 2. The molecule has 2 aromatic rings. The van der Waals surface area contributed by atoms with Crippen LogP contribution in [-0.4, -0.2) is 54.9 Å². The van der Waals surface area contributed by atoms with E-state index in [-0.39, 0.29) is 24.0 Å². The summed E-state index contributed by atoms with van der Waals surface area (Å²) in [5.41, 5.74) is 3.10. The lowest BCUT2D eigenvalue weighted by molar-refractivity contribution is 0.0203. The quantitative estimate of drug-likeness (QED) is 0.233. The Hall–Kier alpha value is -1.39. The third kappa shape index (κ3) is 7.75. The number of aryl methyl sites for hydroxylation is 1. The highest BCUT2D eigenvalue weighted by Gasteiger charge is 2.13. The normalized spacial score (nSPS) is 15.3. The van der Waals surface area contributed by atoms with Gasteiger partial charge in [-0.25, -0.2) is 9.98 Å². The number of guanidine groups is 1. The van der Waals surface area contributed by atoms with Crippen LogP contribution < -0.4 is 10.6 Å². The molecule has 0 saturated carbocycles. The molecular formula is C21H34IN5O2. The van der Waals surface area contributed by atoms with Gasteiger partial charge >= 0.3 is 0 Å². The molecule has 1 aliphatic heterocycles. The van der Waals surface area contributed by atoms with Gasteiger partial charge in [-0.3, -0.25) is 0 Å². The molecule has 29 heavy (non-hydrogen) atoms. The van der Waals surface area contributed by atoms with E-state index < -0.39 is 0 Å². The van der Waals surface area contributed by atoms with E-state index in [2.05, 4.69) is 51.1 Å². The maximum atomic E-state index is 5.82. The highest BCUT2D eigenvalue weighted by atomic mass is 127. The lowest BCUT2D eigenvalue weighted by Gasteiger charge is -2.21. The summed E-state index contributed by atoms with van der Waals surface area (Å²) >= 11 is 0. The van der Waals surface area contributed by atoms with Gasteiger partial charge in [0.15, 0.2) is 5.96 Å². The average Bonchev–Trinajstić information content (AvgIpc) is 3.14. The van der Waals surface area contributed by atoms with Crippen molar-refractivity contribution in [3.8, 4) is 0 Å². The number of fused-ring (bicyclic) bond motifs is 1. The Kier molecular flexibility index (Phi) is 10.7. The Labute approximate surface area is 190 Å². The van der Waals surface area contributed by atoms with Crippen LogP contribution in [0.2, 0.25) is 0 Å². The molecule has 7 nitrogen and oxygen atoms in total. The van der Waals surface area contributed by atoms with Gasteiger partial charge in [-0.15, -0.1) is 24.0 Å². The van der Waals surface area contributed by atoms with E-state index in [1.54, 1.807) is 0 Å². The third-order valence-corrected chi connectivity index (χ3v) is 4.94. The van der Waals surface area contributed by atoms with Gasteiger partial charge in [0, 0.05) is 51.4 Å². The molecule has 1 aliphatic rings. The minimum atomic E-state index is 0. The summed E-state index contributed by atoms with van der Waals surface area (Å²) in [7, 11) is 0. The van der Waals surface area contributed by atoms with Gasteiger partial charge in [0.2, 0.25) is 0 Å². The largest absolute Gasteiger partial charge is 0.381 e. The van der Waals surface area contributed by atoms with Gasteiger partial charge in [-0.05, 0) is 51.2 Å². The summed E-state index contributed by atoms with van der Waals surface area (Å²) in [5, 5.41) is 6.67. The van der Waals surface area contributed by atoms with E-state index in [1.807, 2.05) is 12.1 Å². The fraction of sp³-hybridized carbons (Fsp3) is 0.619. The Morgan fingerprint density at radius 1 is 1.31 bits per heavy atom. The summed E-state index contributed by atoms with van der Waals surface area (Å²) < 4.78 is 13.3. The molecule has 0 aromatic carbocycles. The topological polar surface area (TPSA) is 72.2 Å². The van der Waals surface area contributed by atoms with E-state index in [9.17, 15) is 0 Å². The predicted molar refractivity (Wildman–Crippen MR) is 127 cm³/mol. The van der Waals surface area contributed by atoms with Crippen molar-refractivity contribution in [2.75, 3.05) is 39.5 Å². The van der Waals surface area contributed by atoms with E-state index in [4.69, 9.17) is 9.47 Å². The standard InChI is InChI=1S/C21H33N5O2.HI/c1-3-22-21(23-10-5-11-28-16-18-8-12-27-13-9-18)24-14-19-15-26-17(2)6-4-7-20(26)25-19;/h4,6-7,15,18H,3,5,8-14,16H2,1-2H3,(H2,22,23,24);1H. The fourth-order valence-electron chi connectivity index (χ4n) is 3.32. The van der Waals surface area contributed by atoms with Crippen LogP contribution >= 0.6 is 24.0 Å². The van der Waals surface area contributed by atoms with Gasteiger partial charge in [0.1, 0.15) is 5.65 Å². The second-order valence-corrected chi connectivity index (χ2v) is 7.23. The van der Waals surface area contributed by atoms with Gasteiger partial charge in [-0.1, -0.05) is 6.07 Å². The molecule has 8 heteroatoms. The second-order valence-electron chi connectivity index (χ2n) is 7.23. The average molecular weight is 515 g/mol. The van der Waals surface area contributed by atoms with Crippen LogP contribution in [0.25, 0.3) is 5.65 Å². The highest BCUT2D eigenvalue weighted by Crippen LogP contribution is 2.14. The summed E-state index contributed by atoms with van der Waals surface area (Å²) in [6.07, 6.45) is 5.26. The molecular weight excluding hydrogens is 481 g/mol. The van der Waals surface area contributed by atoms with Crippen molar-refractivity contribution in [3.05, 3.63) is 35.8 Å². The van der Waals surface area contributed by atoms with Crippen molar-refractivity contribution in [1.82, 2.24) is 20.0 Å². The van der Waals surface area contributed by atoms with Crippen LogP contribution in [0.1, 0.15) is 37.6 Å². The molecule has 1 fully saturated rings. The number of halogens is 1. The third-order valence-electron chi connectivity index (χ3n) is 4.94. The van der Waals surface area contributed by atoms with Crippen molar-refractivity contribution < 1.29 is 9.47 Å². The van der Waals surface area contributed by atoms with Gasteiger partial charge < -0.3 is 24.5 Å². The smallest absolute Gasteiger partial charge is 0.191 e. The summed E-state index contributed by atoms with van der Waals surface area (Å²) in [6.45, 7) is 9.76. The lowest BCUT2D eigenvalue weighted by atomic mass is 10.0. The zero-order valence-corrected chi connectivity index (χ0v) is 19.9. The number of hydrogen-bond acceptors (Lipinski definition) is 4. The van der Waals surface area contributed by atoms with Crippen molar-refractivity contribution in [3.63, 3.8) is 0 Å². The van der Waals surface area contributed by atoms with Crippen molar-refractivity contribution in [2.45, 2.75) is 39.7 Å². The van der Waals surface area contributed by atoms with Crippen molar-refractivity contribution in [2.24, 2.45) is 10.9 Å². The zero-order chi connectivity index (χ0) is 19.6. The summed E-state index contributed by atoms with van der Waals surface area (Å²) in [5.74, 6) is 1.48. The van der Waals surface area contributed by atoms with Crippen LogP contribution in [0.5, 0.6) is 0 Å². The van der Waals surface area contributed by atoms with Gasteiger partial charge in [-0.2, -0.15) is 0 Å². The number of imidazole rings is 1. The molecule has 2 N–H and O–H groups in total. The number of nitrogens with one attached hydrogen (secondary N) is 2. The molecule has 162 valence electrons. The maximum absolute atomic E-state index is 5.82. The number of pyridine rings is 1. The minimum absolute atomic E-state index is 0. The Balaban J connectivity index is 0.00000300. The van der Waals surface area contributed by atoms with Crippen LogP contribution in [0.3, 0.4) is 0 Å². The SMILES string of the molecule is CCNC(=NCc1cn2c(C)cccc2n1)NCCCOCC1CCOCC1.I. The van der Waals surface area contributed by atoms with Crippen LogP contribution in [0, 0.1) is 12.8 Å². The molecule has 2 aromatic heterocycles. The first-order valence-electron chi connectivity index (χ1n) is 10.4. The molecule has 0 amide bonds. The minimum Gasteiger partial charge on any atom is -0.381 e. The number of aliphatic imine (C=N–C) groups is 1. The van der Waals surface area contributed by atoms with E-state index in [1.165, 1.54) is 5.69 Å². The molecule has 0 aliphatic carbocycles.